The van der Waals surface area contributed by atoms with Gasteiger partial charge in [0.25, 0.3) is 0 Å². The zero-order valence-electron chi connectivity index (χ0n) is 9.48. The number of hydrogen-bond donors (Lipinski definition) is 2. The van der Waals surface area contributed by atoms with Gasteiger partial charge in [-0.3, -0.25) is 14.5 Å². The molecular weight excluding hydrogens is 208 g/mol. The van der Waals surface area contributed by atoms with Gasteiger partial charge in [-0.15, -0.1) is 6.58 Å². The first-order chi connectivity index (χ1) is 7.56. The quantitative estimate of drug-likeness (QED) is 0.652. The molecule has 0 spiro atoms. The second-order valence-electron chi connectivity index (χ2n) is 4.11. The highest BCUT2D eigenvalue weighted by Crippen LogP contribution is 2.23. The van der Waals surface area contributed by atoms with Crippen LogP contribution in [0.2, 0.25) is 0 Å². The van der Waals surface area contributed by atoms with E-state index in [2.05, 4.69) is 11.9 Å². The third kappa shape index (κ3) is 3.06. The minimum absolute atomic E-state index is 0.102. The molecule has 0 aromatic carbocycles. The molecule has 2 unspecified atom stereocenters. The van der Waals surface area contributed by atoms with Crippen LogP contribution in [0.15, 0.2) is 12.7 Å². The number of rotatable bonds is 5. The van der Waals surface area contributed by atoms with Crippen LogP contribution in [0, 0.1) is 5.92 Å². The van der Waals surface area contributed by atoms with Crippen molar-refractivity contribution in [1.29, 1.82) is 0 Å². The zero-order valence-corrected chi connectivity index (χ0v) is 9.48. The number of carboxylic acid groups (broad SMARTS) is 1. The Morgan fingerprint density at radius 2 is 2.31 bits per heavy atom. The number of hydrogen-bond acceptors (Lipinski definition) is 3. The van der Waals surface area contributed by atoms with Gasteiger partial charge in [0, 0.05) is 6.54 Å². The first-order valence-electron chi connectivity index (χ1n) is 5.40. The lowest BCUT2D eigenvalue weighted by Gasteiger charge is -2.22. The number of carbonyl (C=O) groups excluding carboxylic acids is 1. The van der Waals surface area contributed by atoms with Gasteiger partial charge in [-0.2, -0.15) is 0 Å². The van der Waals surface area contributed by atoms with Crippen molar-refractivity contribution in [2.24, 2.45) is 5.92 Å². The van der Waals surface area contributed by atoms with Crippen molar-refractivity contribution in [2.45, 2.75) is 19.4 Å². The minimum Gasteiger partial charge on any atom is -0.480 e. The van der Waals surface area contributed by atoms with Crippen molar-refractivity contribution in [3.05, 3.63) is 12.7 Å². The van der Waals surface area contributed by atoms with E-state index in [-0.39, 0.29) is 18.4 Å². The zero-order chi connectivity index (χ0) is 12.1. The molecule has 5 heteroatoms. The lowest BCUT2D eigenvalue weighted by Crippen LogP contribution is -2.44. The average molecular weight is 226 g/mol. The maximum atomic E-state index is 11.4. The van der Waals surface area contributed by atoms with Crippen molar-refractivity contribution in [2.75, 3.05) is 19.6 Å². The van der Waals surface area contributed by atoms with E-state index in [4.69, 9.17) is 5.11 Å². The summed E-state index contributed by atoms with van der Waals surface area (Å²) in [4.78, 5) is 24.2. The van der Waals surface area contributed by atoms with E-state index in [1.165, 1.54) is 0 Å². The van der Waals surface area contributed by atoms with Gasteiger partial charge in [-0.05, 0) is 18.9 Å². The molecule has 0 radical (unpaired) electrons. The summed E-state index contributed by atoms with van der Waals surface area (Å²) >= 11 is 0. The number of amides is 1. The Morgan fingerprint density at radius 3 is 2.88 bits per heavy atom. The van der Waals surface area contributed by atoms with E-state index in [1.54, 1.807) is 11.0 Å². The molecule has 16 heavy (non-hydrogen) atoms. The molecule has 1 amide bonds. The summed E-state index contributed by atoms with van der Waals surface area (Å²) in [5.74, 6) is -0.897. The molecule has 0 saturated carbocycles. The Labute approximate surface area is 95.1 Å². The van der Waals surface area contributed by atoms with Gasteiger partial charge >= 0.3 is 5.97 Å². The Bertz CT molecular complexity index is 291. The molecule has 1 heterocycles. The third-order valence-electron chi connectivity index (χ3n) is 2.85. The summed E-state index contributed by atoms with van der Waals surface area (Å²) in [5.41, 5.74) is 0. The molecule has 5 nitrogen and oxygen atoms in total. The summed E-state index contributed by atoms with van der Waals surface area (Å²) in [7, 11) is 0. The van der Waals surface area contributed by atoms with Crippen molar-refractivity contribution in [1.82, 2.24) is 10.2 Å². The Kier molecular flexibility index (Phi) is 4.49. The van der Waals surface area contributed by atoms with Gasteiger partial charge in [0.15, 0.2) is 0 Å². The van der Waals surface area contributed by atoms with Gasteiger partial charge in [-0.25, -0.2) is 0 Å². The number of carbonyl (C=O) groups is 2. The van der Waals surface area contributed by atoms with Crippen molar-refractivity contribution in [3.63, 3.8) is 0 Å². The van der Waals surface area contributed by atoms with Crippen LogP contribution >= 0.6 is 0 Å². The smallest absolute Gasteiger partial charge is 0.321 e. The largest absolute Gasteiger partial charge is 0.480 e. The van der Waals surface area contributed by atoms with Crippen LogP contribution in [0.1, 0.15) is 13.3 Å². The molecule has 2 atom stereocenters. The fraction of sp³-hybridized carbons (Fsp3) is 0.636. The number of nitrogens with one attached hydrogen (secondary N) is 1. The predicted molar refractivity (Wildman–Crippen MR) is 60.0 cm³/mol. The summed E-state index contributed by atoms with van der Waals surface area (Å²) < 4.78 is 0. The molecule has 0 aromatic heterocycles. The van der Waals surface area contributed by atoms with Gasteiger partial charge in [0.2, 0.25) is 5.91 Å². The number of nitrogens with zero attached hydrogens (tertiary/aromatic N) is 1. The molecule has 1 aliphatic heterocycles. The van der Waals surface area contributed by atoms with E-state index in [1.807, 2.05) is 6.92 Å². The van der Waals surface area contributed by atoms with Crippen LogP contribution in [0.4, 0.5) is 0 Å². The van der Waals surface area contributed by atoms with Crippen LogP contribution in [0.25, 0.3) is 0 Å². The van der Waals surface area contributed by atoms with E-state index in [0.29, 0.717) is 13.1 Å². The Hall–Kier alpha value is -1.36. The van der Waals surface area contributed by atoms with Gasteiger partial charge in [0.05, 0.1) is 6.54 Å². The van der Waals surface area contributed by atoms with E-state index < -0.39 is 12.0 Å². The molecule has 1 aliphatic rings. The molecule has 2 N–H and O–H groups in total. The molecule has 0 aliphatic carbocycles. The first kappa shape index (κ1) is 12.7. The fourth-order valence-electron chi connectivity index (χ4n) is 2.03. The van der Waals surface area contributed by atoms with E-state index in [0.717, 1.165) is 6.42 Å². The summed E-state index contributed by atoms with van der Waals surface area (Å²) in [6.07, 6.45) is 2.42. The highest BCUT2D eigenvalue weighted by molar-refractivity contribution is 5.80. The maximum absolute atomic E-state index is 11.4. The molecule has 1 fully saturated rings. The number of likely N-dealkylation sites (tertiary alicyclic amines) is 1. The van der Waals surface area contributed by atoms with Crippen molar-refractivity contribution < 1.29 is 14.7 Å². The molecule has 0 bridgehead atoms. The van der Waals surface area contributed by atoms with Gasteiger partial charge in [0.1, 0.15) is 6.04 Å². The van der Waals surface area contributed by atoms with Crippen LogP contribution in [0.3, 0.4) is 0 Å². The average Bonchev–Trinajstić information content (AvgIpc) is 2.56. The van der Waals surface area contributed by atoms with Crippen LogP contribution in [0.5, 0.6) is 0 Å². The number of aliphatic carboxylic acids is 1. The first-order valence-corrected chi connectivity index (χ1v) is 5.40. The summed E-state index contributed by atoms with van der Waals surface area (Å²) in [6.45, 7) is 6.63. The van der Waals surface area contributed by atoms with Crippen molar-refractivity contribution >= 4 is 11.9 Å². The highest BCUT2D eigenvalue weighted by Gasteiger charge is 2.37. The fourth-order valence-corrected chi connectivity index (χ4v) is 2.03. The molecule has 0 aromatic rings. The van der Waals surface area contributed by atoms with Crippen LogP contribution in [-0.4, -0.2) is 47.6 Å². The maximum Gasteiger partial charge on any atom is 0.321 e. The topological polar surface area (TPSA) is 69.6 Å². The molecule has 1 saturated heterocycles. The highest BCUT2D eigenvalue weighted by atomic mass is 16.4. The van der Waals surface area contributed by atoms with E-state index in [9.17, 15) is 9.59 Å². The lowest BCUT2D eigenvalue weighted by molar-refractivity contribution is -0.143. The Morgan fingerprint density at radius 1 is 1.62 bits per heavy atom. The second-order valence-corrected chi connectivity index (χ2v) is 4.11. The minimum atomic E-state index is -0.846. The van der Waals surface area contributed by atoms with Crippen LogP contribution in [-0.2, 0) is 9.59 Å². The third-order valence-corrected chi connectivity index (χ3v) is 2.85. The number of carboxylic acids is 1. The SMILES string of the molecule is C=CCNC(=O)CN1CCC(C)C1C(=O)O. The summed E-state index contributed by atoms with van der Waals surface area (Å²) in [5, 5.41) is 11.7. The Balaban J connectivity index is 2.50. The molecule has 1 rings (SSSR count). The van der Waals surface area contributed by atoms with Crippen molar-refractivity contribution in [3.8, 4) is 0 Å². The second kappa shape index (κ2) is 5.65. The standard InChI is InChI=1S/C11H18N2O3/c1-3-5-12-9(14)7-13-6-4-8(2)10(13)11(15)16/h3,8,10H,1,4-7H2,2H3,(H,12,14)(H,15,16). The molecular formula is C11H18N2O3. The summed E-state index contributed by atoms with van der Waals surface area (Å²) in [6, 6.07) is -0.533. The van der Waals surface area contributed by atoms with Gasteiger partial charge in [-0.1, -0.05) is 13.0 Å². The predicted octanol–water partition coefficient (Wildman–Crippen LogP) is 0.0836. The van der Waals surface area contributed by atoms with Gasteiger partial charge < -0.3 is 10.4 Å². The van der Waals surface area contributed by atoms with Crippen LogP contribution < -0.4 is 5.32 Å². The van der Waals surface area contributed by atoms with E-state index >= 15 is 0 Å². The normalized spacial score (nSPS) is 25.3. The lowest BCUT2D eigenvalue weighted by atomic mass is 10.0. The monoisotopic (exact) mass is 226 g/mol. The molecule has 90 valence electrons.